The number of nitrogens with zero attached hydrogens (tertiary/aromatic N) is 1. The van der Waals surface area contributed by atoms with Gasteiger partial charge in [0.2, 0.25) is 5.91 Å². The van der Waals surface area contributed by atoms with Crippen molar-refractivity contribution in [2.45, 2.75) is 45.6 Å². The topological polar surface area (TPSA) is 102 Å². The smallest absolute Gasteiger partial charge is 0.308 e. The minimum absolute atomic E-state index is 0.123. The van der Waals surface area contributed by atoms with Crippen molar-refractivity contribution in [1.29, 1.82) is 0 Å². The molecule has 0 aromatic heterocycles. The first kappa shape index (κ1) is 23.9. The van der Waals surface area contributed by atoms with Crippen LogP contribution in [0, 0.1) is 10.8 Å². The molecule has 2 amide bonds. The summed E-state index contributed by atoms with van der Waals surface area (Å²) in [5.41, 5.74) is 3.21. The summed E-state index contributed by atoms with van der Waals surface area (Å²) >= 11 is 0. The maximum atomic E-state index is 12.3. The lowest BCUT2D eigenvalue weighted by atomic mass is 9.94. The van der Waals surface area contributed by atoms with Crippen LogP contribution in [-0.4, -0.2) is 30.4 Å². The summed E-state index contributed by atoms with van der Waals surface area (Å²) in [6.07, 6.45) is 0.554. The van der Waals surface area contributed by atoms with E-state index in [-0.39, 0.29) is 30.8 Å². The molecule has 1 N–H and O–H groups in total. The zero-order chi connectivity index (χ0) is 22.6. The van der Waals surface area contributed by atoms with Crippen LogP contribution in [0.15, 0.2) is 59.8 Å². The van der Waals surface area contributed by atoms with Crippen LogP contribution in [0.3, 0.4) is 0 Å². The summed E-state index contributed by atoms with van der Waals surface area (Å²) in [6, 6.07) is 17.7. The van der Waals surface area contributed by atoms with E-state index in [0.29, 0.717) is 19.4 Å². The average Bonchev–Trinajstić information content (AvgIpc) is 2.78. The van der Waals surface area contributed by atoms with Gasteiger partial charge in [-0.15, -0.1) is 4.91 Å². The van der Waals surface area contributed by atoms with Gasteiger partial charge >= 0.3 is 5.97 Å². The van der Waals surface area contributed by atoms with Crippen molar-refractivity contribution >= 4 is 17.8 Å². The molecular weight excluding hydrogens is 396 g/mol. The molecule has 2 atom stereocenters. The van der Waals surface area contributed by atoms with E-state index in [1.807, 2.05) is 54.6 Å². The minimum atomic E-state index is -0.858. The Bertz CT molecular complexity index is 881. The van der Waals surface area contributed by atoms with Crippen LogP contribution in [0.2, 0.25) is 0 Å². The van der Waals surface area contributed by atoms with Gasteiger partial charge in [0.05, 0.1) is 12.5 Å². The van der Waals surface area contributed by atoms with Crippen molar-refractivity contribution in [3.63, 3.8) is 0 Å². The molecule has 2 rings (SSSR count). The largest absolute Gasteiger partial charge is 0.466 e. The molecule has 164 valence electrons. The number of ether oxygens (including phenoxy) is 1. The minimum Gasteiger partial charge on any atom is -0.466 e. The monoisotopic (exact) mass is 424 g/mol. The van der Waals surface area contributed by atoms with E-state index in [1.54, 1.807) is 13.8 Å². The molecule has 0 heterocycles. The Balaban J connectivity index is 2.07. The normalized spacial score (nSPS) is 12.5. The third-order valence-corrected chi connectivity index (χ3v) is 4.90. The Morgan fingerprint density at radius 2 is 1.61 bits per heavy atom. The van der Waals surface area contributed by atoms with Gasteiger partial charge in [0.25, 0.3) is 5.91 Å². The van der Waals surface area contributed by atoms with Gasteiger partial charge in [-0.3, -0.25) is 14.4 Å². The number of benzene rings is 2. The van der Waals surface area contributed by atoms with E-state index < -0.39 is 11.8 Å². The Hall–Kier alpha value is -3.35. The number of esters is 1. The number of rotatable bonds is 11. The molecule has 2 aromatic carbocycles. The molecule has 0 aliphatic rings. The molecule has 0 radical (unpaired) electrons. The van der Waals surface area contributed by atoms with Gasteiger partial charge in [0.15, 0.2) is 0 Å². The number of hydrogen-bond acceptors (Lipinski definition) is 5. The van der Waals surface area contributed by atoms with Crippen molar-refractivity contribution in [3.8, 4) is 11.1 Å². The zero-order valence-corrected chi connectivity index (χ0v) is 17.9. The molecule has 1 unspecified atom stereocenters. The highest BCUT2D eigenvalue weighted by Crippen LogP contribution is 2.21. The Morgan fingerprint density at radius 1 is 0.968 bits per heavy atom. The van der Waals surface area contributed by atoms with Crippen LogP contribution >= 0.6 is 0 Å². The number of nitrogens with one attached hydrogen (secondary N) is 1. The second kappa shape index (κ2) is 12.4. The average molecular weight is 424 g/mol. The summed E-state index contributed by atoms with van der Waals surface area (Å²) in [5, 5.41) is 5.18. The lowest BCUT2D eigenvalue weighted by Crippen LogP contribution is -2.39. The first-order chi connectivity index (χ1) is 14.9. The van der Waals surface area contributed by atoms with E-state index in [0.717, 1.165) is 16.7 Å². The molecule has 7 heteroatoms. The fourth-order valence-corrected chi connectivity index (χ4v) is 3.32. The van der Waals surface area contributed by atoms with Crippen molar-refractivity contribution in [2.24, 2.45) is 11.1 Å². The lowest BCUT2D eigenvalue weighted by molar-refractivity contribution is -0.148. The van der Waals surface area contributed by atoms with Crippen LogP contribution in [0.25, 0.3) is 11.1 Å². The molecule has 0 aliphatic heterocycles. The van der Waals surface area contributed by atoms with Gasteiger partial charge in [-0.2, -0.15) is 0 Å². The van der Waals surface area contributed by atoms with Gasteiger partial charge in [-0.05, 0) is 36.5 Å². The van der Waals surface area contributed by atoms with Gasteiger partial charge < -0.3 is 10.1 Å². The molecule has 0 spiro atoms. The molecule has 0 saturated heterocycles. The molecular formula is C24H28N2O5. The second-order valence-corrected chi connectivity index (χ2v) is 7.41. The Morgan fingerprint density at radius 3 is 2.23 bits per heavy atom. The number of nitroso groups, excluding NO2 is 1. The van der Waals surface area contributed by atoms with Crippen molar-refractivity contribution < 1.29 is 19.1 Å². The summed E-state index contributed by atoms with van der Waals surface area (Å²) in [5.74, 6) is -1.93. The number of carbonyl (C=O) groups excluding carboxylic acids is 3. The van der Waals surface area contributed by atoms with Crippen LogP contribution in [0.1, 0.15) is 38.7 Å². The lowest BCUT2D eigenvalue weighted by Gasteiger charge is -2.22. The van der Waals surface area contributed by atoms with E-state index in [9.17, 15) is 19.3 Å². The number of amides is 2. The SMILES string of the molecule is CCOC(=O)[C@H](C)CC(Cc1ccc(-c2ccccc2)cc1)NC(=O)CCC(=O)N=O. The van der Waals surface area contributed by atoms with Gasteiger partial charge in [-0.1, -0.05) is 61.5 Å². The predicted octanol–water partition coefficient (Wildman–Crippen LogP) is 4.04. The Labute approximate surface area is 182 Å². The summed E-state index contributed by atoms with van der Waals surface area (Å²) in [7, 11) is 0. The molecule has 2 aromatic rings. The van der Waals surface area contributed by atoms with E-state index in [4.69, 9.17) is 4.74 Å². The third-order valence-electron chi connectivity index (χ3n) is 4.90. The molecule has 0 aliphatic carbocycles. The van der Waals surface area contributed by atoms with Gasteiger partial charge in [-0.25, -0.2) is 0 Å². The predicted molar refractivity (Wildman–Crippen MR) is 118 cm³/mol. The number of hydrogen-bond donors (Lipinski definition) is 1. The highest BCUT2D eigenvalue weighted by Gasteiger charge is 2.22. The molecule has 31 heavy (non-hydrogen) atoms. The number of carbonyl (C=O) groups is 3. The highest BCUT2D eigenvalue weighted by molar-refractivity contribution is 5.84. The fourth-order valence-electron chi connectivity index (χ4n) is 3.32. The van der Waals surface area contributed by atoms with Crippen LogP contribution in [-0.2, 0) is 25.5 Å². The Kier molecular flexibility index (Phi) is 9.55. The zero-order valence-electron chi connectivity index (χ0n) is 17.9. The van der Waals surface area contributed by atoms with Crippen LogP contribution < -0.4 is 5.32 Å². The fraction of sp³-hybridized carbons (Fsp3) is 0.375. The third kappa shape index (κ3) is 8.12. The quantitative estimate of drug-likeness (QED) is 0.433. The van der Waals surface area contributed by atoms with Crippen molar-refractivity contribution in [3.05, 3.63) is 65.1 Å². The highest BCUT2D eigenvalue weighted by atomic mass is 16.5. The maximum absolute atomic E-state index is 12.3. The molecule has 0 bridgehead atoms. The van der Waals surface area contributed by atoms with Crippen LogP contribution in [0.4, 0.5) is 0 Å². The van der Waals surface area contributed by atoms with Gasteiger partial charge in [0.1, 0.15) is 0 Å². The van der Waals surface area contributed by atoms with Crippen LogP contribution in [0.5, 0.6) is 0 Å². The van der Waals surface area contributed by atoms with Gasteiger partial charge in [0, 0.05) is 24.1 Å². The molecule has 0 saturated carbocycles. The molecule has 7 nitrogen and oxygen atoms in total. The second-order valence-electron chi connectivity index (χ2n) is 7.41. The molecule has 0 fully saturated rings. The van der Waals surface area contributed by atoms with E-state index in [1.165, 1.54) is 0 Å². The first-order valence-electron chi connectivity index (χ1n) is 10.4. The van der Waals surface area contributed by atoms with E-state index >= 15 is 0 Å². The van der Waals surface area contributed by atoms with Crippen molar-refractivity contribution in [2.75, 3.05) is 6.61 Å². The maximum Gasteiger partial charge on any atom is 0.308 e. The summed E-state index contributed by atoms with van der Waals surface area (Å²) < 4.78 is 5.07. The summed E-state index contributed by atoms with van der Waals surface area (Å²) in [6.45, 7) is 3.80. The first-order valence-corrected chi connectivity index (χ1v) is 10.4. The standard InChI is InChI=1S/C24H28N2O5/c1-3-31-24(29)17(2)15-21(25-22(27)13-14-23(28)26-30)16-18-9-11-20(12-10-18)19-7-5-4-6-8-19/h4-12,17,21H,3,13-16H2,1-2H3,(H,25,27)/t17-,21?/m1/s1. The van der Waals surface area contributed by atoms with E-state index in [2.05, 4.69) is 10.5 Å². The summed E-state index contributed by atoms with van der Waals surface area (Å²) in [4.78, 5) is 45.6. The van der Waals surface area contributed by atoms with Crippen molar-refractivity contribution in [1.82, 2.24) is 5.32 Å².